The zero-order valence-corrected chi connectivity index (χ0v) is 11.6. The van der Waals surface area contributed by atoms with Crippen LogP contribution in [0, 0.1) is 0 Å². The van der Waals surface area contributed by atoms with Gasteiger partial charge in [0.2, 0.25) is 0 Å². The van der Waals surface area contributed by atoms with E-state index in [1.165, 1.54) is 19.1 Å². The molecule has 0 aromatic carbocycles. The third-order valence-electron chi connectivity index (χ3n) is 3.10. The minimum Gasteiger partial charge on any atom is -0.467 e. The number of ether oxygens (including phenoxy) is 2. The van der Waals surface area contributed by atoms with Crippen molar-refractivity contribution in [3.63, 3.8) is 0 Å². The lowest BCUT2D eigenvalue weighted by molar-refractivity contribution is -0.142. The lowest BCUT2D eigenvalue weighted by atomic mass is 10.2. The topological polar surface area (TPSA) is 51.7 Å². The molecule has 0 amide bonds. The fourth-order valence-corrected chi connectivity index (χ4v) is 2.96. The fraction of sp³-hybridized carbons (Fsp3) is 0.636. The molecule has 112 valence electrons. The first-order chi connectivity index (χ1) is 9.36. The third-order valence-corrected chi connectivity index (χ3v) is 3.98. The van der Waals surface area contributed by atoms with Gasteiger partial charge in [-0.25, -0.2) is 9.78 Å². The summed E-state index contributed by atoms with van der Waals surface area (Å²) in [5.41, 5.74) is -0.956. The predicted octanol–water partition coefficient (Wildman–Crippen LogP) is 1.93. The first-order valence-electron chi connectivity index (χ1n) is 5.76. The normalized spacial score (nSPS) is 23.1. The molecule has 5 nitrogen and oxygen atoms in total. The summed E-state index contributed by atoms with van der Waals surface area (Å²) >= 11 is 0.849. The minimum atomic E-state index is -4.49. The second-order valence-electron chi connectivity index (χ2n) is 4.30. The number of esters is 1. The first kappa shape index (κ1) is 15.0. The van der Waals surface area contributed by atoms with E-state index in [9.17, 15) is 18.0 Å². The van der Waals surface area contributed by atoms with Gasteiger partial charge in [-0.15, -0.1) is 11.3 Å². The van der Waals surface area contributed by atoms with Crippen molar-refractivity contribution >= 4 is 22.4 Å². The number of thiazole rings is 1. The number of carbonyl (C=O) groups excluding carboxylic acids is 1. The van der Waals surface area contributed by atoms with Gasteiger partial charge in [0, 0.05) is 25.5 Å². The van der Waals surface area contributed by atoms with Crippen LogP contribution in [0.4, 0.5) is 18.3 Å². The second-order valence-corrected chi connectivity index (χ2v) is 5.13. The highest BCUT2D eigenvalue weighted by Crippen LogP contribution is 2.35. The Morgan fingerprint density at radius 2 is 2.20 bits per heavy atom. The van der Waals surface area contributed by atoms with Crippen LogP contribution in [0.3, 0.4) is 0 Å². The Morgan fingerprint density at radius 3 is 2.70 bits per heavy atom. The number of hydrogen-bond acceptors (Lipinski definition) is 6. The molecule has 0 saturated carbocycles. The van der Waals surface area contributed by atoms with Gasteiger partial charge >= 0.3 is 12.1 Å². The molecule has 0 bridgehead atoms. The molecule has 1 aromatic heterocycles. The van der Waals surface area contributed by atoms with E-state index in [1.807, 2.05) is 0 Å². The van der Waals surface area contributed by atoms with E-state index in [0.717, 1.165) is 16.7 Å². The Balaban J connectivity index is 2.24. The SMILES string of the molecule is COC(=O)[C@@H]1C[C@@H](OC)CN1c1nc(C(F)(F)F)cs1. The summed E-state index contributed by atoms with van der Waals surface area (Å²) in [6.45, 7) is 0.307. The minimum absolute atomic E-state index is 0.146. The van der Waals surface area contributed by atoms with Gasteiger partial charge < -0.3 is 14.4 Å². The number of methoxy groups -OCH3 is 2. The summed E-state index contributed by atoms with van der Waals surface area (Å²) in [7, 11) is 2.73. The van der Waals surface area contributed by atoms with E-state index in [0.29, 0.717) is 13.0 Å². The summed E-state index contributed by atoms with van der Waals surface area (Å²) in [5, 5.41) is 1.08. The average molecular weight is 310 g/mol. The predicted molar refractivity (Wildman–Crippen MR) is 65.7 cm³/mol. The Kier molecular flexibility index (Phi) is 4.19. The number of hydrogen-bond donors (Lipinski definition) is 0. The Morgan fingerprint density at radius 1 is 1.50 bits per heavy atom. The number of rotatable bonds is 3. The molecule has 0 aliphatic carbocycles. The van der Waals surface area contributed by atoms with Crippen molar-refractivity contribution in [2.24, 2.45) is 0 Å². The van der Waals surface area contributed by atoms with E-state index in [-0.39, 0.29) is 11.2 Å². The highest BCUT2D eigenvalue weighted by molar-refractivity contribution is 7.13. The molecule has 1 saturated heterocycles. The zero-order valence-electron chi connectivity index (χ0n) is 10.8. The van der Waals surface area contributed by atoms with E-state index >= 15 is 0 Å². The van der Waals surface area contributed by atoms with Crippen LogP contribution in [0.15, 0.2) is 5.38 Å². The molecule has 2 rings (SSSR count). The number of aromatic nitrogens is 1. The van der Waals surface area contributed by atoms with Crippen molar-refractivity contribution in [2.75, 3.05) is 25.7 Å². The third kappa shape index (κ3) is 2.88. The van der Waals surface area contributed by atoms with Crippen LogP contribution < -0.4 is 4.90 Å². The monoisotopic (exact) mass is 310 g/mol. The summed E-state index contributed by atoms with van der Waals surface area (Å²) in [6, 6.07) is -0.669. The second kappa shape index (κ2) is 5.57. The molecular weight excluding hydrogens is 297 g/mol. The van der Waals surface area contributed by atoms with Crippen molar-refractivity contribution in [3.05, 3.63) is 11.1 Å². The first-order valence-corrected chi connectivity index (χ1v) is 6.64. The average Bonchev–Trinajstić information content (AvgIpc) is 3.02. The van der Waals surface area contributed by atoms with Gasteiger partial charge in [0.05, 0.1) is 13.2 Å². The van der Waals surface area contributed by atoms with Crippen LogP contribution in [0.5, 0.6) is 0 Å². The van der Waals surface area contributed by atoms with Gasteiger partial charge in [-0.05, 0) is 0 Å². The Bertz CT molecular complexity index is 492. The maximum atomic E-state index is 12.6. The van der Waals surface area contributed by atoms with Crippen LogP contribution in [-0.2, 0) is 20.4 Å². The van der Waals surface area contributed by atoms with Crippen molar-refractivity contribution in [2.45, 2.75) is 24.7 Å². The molecule has 0 N–H and O–H groups in total. The Labute approximate surface area is 117 Å². The number of nitrogens with zero attached hydrogens (tertiary/aromatic N) is 2. The lowest BCUT2D eigenvalue weighted by Crippen LogP contribution is -2.37. The molecule has 9 heteroatoms. The molecule has 2 heterocycles. The van der Waals surface area contributed by atoms with Gasteiger partial charge in [0.15, 0.2) is 10.8 Å². The summed E-state index contributed by atoms with van der Waals surface area (Å²) in [5.74, 6) is -0.506. The van der Waals surface area contributed by atoms with E-state index in [1.54, 1.807) is 0 Å². The van der Waals surface area contributed by atoms with Gasteiger partial charge in [0.25, 0.3) is 0 Å². The Hall–Kier alpha value is -1.35. The van der Waals surface area contributed by atoms with Crippen LogP contribution in [-0.4, -0.2) is 43.9 Å². The molecule has 20 heavy (non-hydrogen) atoms. The van der Waals surface area contributed by atoms with Crippen molar-refractivity contribution < 1.29 is 27.4 Å². The molecule has 1 aliphatic rings. The fourth-order valence-electron chi connectivity index (χ4n) is 2.07. The standard InChI is InChI=1S/C11H13F3N2O3S/c1-18-6-3-7(9(17)19-2)16(4-6)10-15-8(5-20-10)11(12,13)14/h5-7H,3-4H2,1-2H3/t6-,7+/m1/s1. The molecule has 0 radical (unpaired) electrons. The summed E-state index contributed by atoms with van der Waals surface area (Å²) < 4.78 is 47.5. The van der Waals surface area contributed by atoms with Crippen molar-refractivity contribution in [3.8, 4) is 0 Å². The molecule has 0 unspecified atom stereocenters. The number of carbonyl (C=O) groups is 1. The molecule has 2 atom stereocenters. The van der Waals surface area contributed by atoms with E-state index in [4.69, 9.17) is 4.74 Å². The number of alkyl halides is 3. The van der Waals surface area contributed by atoms with Crippen molar-refractivity contribution in [1.82, 2.24) is 4.98 Å². The van der Waals surface area contributed by atoms with Crippen LogP contribution in [0.1, 0.15) is 12.1 Å². The largest absolute Gasteiger partial charge is 0.467 e. The molecule has 1 aromatic rings. The smallest absolute Gasteiger partial charge is 0.434 e. The molecule has 1 fully saturated rings. The molecule has 0 spiro atoms. The maximum absolute atomic E-state index is 12.6. The van der Waals surface area contributed by atoms with Gasteiger partial charge in [-0.2, -0.15) is 13.2 Å². The molecular formula is C11H13F3N2O3S. The van der Waals surface area contributed by atoms with Crippen LogP contribution in [0.25, 0.3) is 0 Å². The van der Waals surface area contributed by atoms with Gasteiger partial charge in [-0.3, -0.25) is 0 Å². The molecule has 1 aliphatic heterocycles. The number of halogens is 3. The quantitative estimate of drug-likeness (QED) is 0.799. The van der Waals surface area contributed by atoms with Crippen LogP contribution in [0.2, 0.25) is 0 Å². The summed E-state index contributed by atoms with van der Waals surface area (Å²) in [6.07, 6.45) is -4.36. The highest BCUT2D eigenvalue weighted by atomic mass is 32.1. The van der Waals surface area contributed by atoms with Gasteiger partial charge in [-0.1, -0.05) is 0 Å². The van der Waals surface area contributed by atoms with E-state index < -0.39 is 23.9 Å². The maximum Gasteiger partial charge on any atom is 0.434 e. The van der Waals surface area contributed by atoms with Gasteiger partial charge in [0.1, 0.15) is 6.04 Å². The van der Waals surface area contributed by atoms with E-state index in [2.05, 4.69) is 9.72 Å². The van der Waals surface area contributed by atoms with Crippen molar-refractivity contribution in [1.29, 1.82) is 0 Å². The van der Waals surface area contributed by atoms with Crippen LogP contribution >= 0.6 is 11.3 Å². The highest BCUT2D eigenvalue weighted by Gasteiger charge is 2.41. The number of anilines is 1. The zero-order chi connectivity index (χ0) is 14.9. The summed E-state index contributed by atoms with van der Waals surface area (Å²) in [4.78, 5) is 16.8. The lowest BCUT2D eigenvalue weighted by Gasteiger charge is -2.21.